The Bertz CT molecular complexity index is 2130. The quantitative estimate of drug-likeness (QED) is 0.170. The molecule has 4 fully saturated rings. The molecule has 12 nitrogen and oxygen atoms in total. The van der Waals surface area contributed by atoms with Crippen LogP contribution in [0.2, 0.25) is 0 Å². The molecular weight excluding hydrogens is 745 g/mol. The van der Waals surface area contributed by atoms with Gasteiger partial charge < -0.3 is 19.3 Å². The first kappa shape index (κ1) is 40.4. The zero-order chi connectivity index (χ0) is 40.5. The minimum Gasteiger partial charge on any atom is -0.497 e. The van der Waals surface area contributed by atoms with Gasteiger partial charge in [0.2, 0.25) is 27.7 Å². The number of benzene rings is 2. The first-order valence-corrected chi connectivity index (χ1v) is 21.9. The first-order valence-electron chi connectivity index (χ1n) is 20.3. The number of rotatable bonds is 16. The van der Waals surface area contributed by atoms with Crippen LogP contribution >= 0.6 is 0 Å². The zero-order valence-electron chi connectivity index (χ0n) is 33.2. The SMILES string of the molecule is C=CC1C[C@]1(CC(=O)[C@@H]1C[C@@H](Oc2cc(-c3ccccc3)nc3cc(OC)ccc23)CN1C(=O)[C@@H](CC(=O)N1CCCCC1)CC(C)C)C(=O)NS(=O)(=O)C1CC1. The topological polar surface area (TPSA) is 152 Å². The summed E-state index contributed by atoms with van der Waals surface area (Å²) in [6.45, 7) is 9.31. The Balaban J connectivity index is 1.20. The van der Waals surface area contributed by atoms with E-state index in [-0.39, 0.29) is 61.7 Å². The number of piperidine rings is 1. The summed E-state index contributed by atoms with van der Waals surface area (Å²) in [4.78, 5) is 65.0. The fraction of sp³-hybridized carbons (Fsp3) is 0.523. The zero-order valence-corrected chi connectivity index (χ0v) is 34.0. The molecule has 5 atom stereocenters. The van der Waals surface area contributed by atoms with Crippen molar-refractivity contribution in [1.29, 1.82) is 0 Å². The van der Waals surface area contributed by atoms with Crippen molar-refractivity contribution < 1.29 is 37.1 Å². The third kappa shape index (κ3) is 8.88. The van der Waals surface area contributed by atoms with Crippen molar-refractivity contribution in [2.75, 3.05) is 26.7 Å². The van der Waals surface area contributed by atoms with Crippen molar-refractivity contribution in [2.24, 2.45) is 23.2 Å². The highest BCUT2D eigenvalue weighted by Crippen LogP contribution is 2.57. The van der Waals surface area contributed by atoms with Crippen molar-refractivity contribution >= 4 is 44.4 Å². The van der Waals surface area contributed by atoms with Crippen molar-refractivity contribution in [1.82, 2.24) is 19.5 Å². The van der Waals surface area contributed by atoms with Gasteiger partial charge in [0, 0.05) is 61.4 Å². The van der Waals surface area contributed by atoms with E-state index in [0.717, 1.165) is 30.2 Å². The maximum Gasteiger partial charge on any atom is 0.240 e. The smallest absolute Gasteiger partial charge is 0.240 e. The number of fused-ring (bicyclic) bond motifs is 1. The number of methoxy groups -OCH3 is 1. The molecule has 1 unspecified atom stereocenters. The summed E-state index contributed by atoms with van der Waals surface area (Å²) in [7, 11) is -2.26. The second-order valence-electron chi connectivity index (χ2n) is 16.7. The normalized spacial score (nSPS) is 23.9. The van der Waals surface area contributed by atoms with Crippen LogP contribution in [0.4, 0.5) is 0 Å². The van der Waals surface area contributed by atoms with Crippen LogP contribution in [0.1, 0.15) is 78.1 Å². The highest BCUT2D eigenvalue weighted by atomic mass is 32.2. The molecule has 4 aliphatic rings. The summed E-state index contributed by atoms with van der Waals surface area (Å²) in [6.07, 6.45) is 5.57. The van der Waals surface area contributed by atoms with E-state index in [0.29, 0.717) is 55.1 Å². The minimum absolute atomic E-state index is 0.0428. The lowest BCUT2D eigenvalue weighted by molar-refractivity contribution is -0.145. The molecule has 0 bridgehead atoms. The highest BCUT2D eigenvalue weighted by molar-refractivity contribution is 7.90. The van der Waals surface area contributed by atoms with E-state index >= 15 is 0 Å². The number of carbonyl (C=O) groups is 4. The fourth-order valence-corrected chi connectivity index (χ4v) is 10.0. The van der Waals surface area contributed by atoms with E-state index in [1.54, 1.807) is 18.1 Å². The Morgan fingerprint density at radius 3 is 2.42 bits per heavy atom. The Morgan fingerprint density at radius 1 is 1.04 bits per heavy atom. The van der Waals surface area contributed by atoms with Crippen LogP contribution in [0, 0.1) is 23.2 Å². The molecule has 2 aromatic carbocycles. The summed E-state index contributed by atoms with van der Waals surface area (Å²) in [5.41, 5.74) is 0.931. The Labute approximate surface area is 335 Å². The number of likely N-dealkylation sites (tertiary alicyclic amines) is 2. The number of allylic oxidation sites excluding steroid dienone is 1. The van der Waals surface area contributed by atoms with E-state index in [1.165, 1.54) is 0 Å². The van der Waals surface area contributed by atoms with Crippen LogP contribution < -0.4 is 14.2 Å². The molecule has 1 aromatic heterocycles. The molecule has 2 saturated carbocycles. The van der Waals surface area contributed by atoms with Gasteiger partial charge in [0.25, 0.3) is 0 Å². The standard InChI is InChI=1S/C44H54N4O8S/c1-5-31-25-44(31,43(52)46-57(53,54)34-15-16-34)26-39(49)38-23-33(27-48(38)42(51)30(20-28(2)3)21-41(50)47-18-10-7-11-19-47)56-40-24-36(29-12-8-6-9-13-29)45-37-22-32(55-4)14-17-35(37)40/h5-6,8-9,12-14,17,22,24,28,30-31,33-34,38H,1,7,10-11,15-16,18-21,23,25-27H2,2-4H3,(H,46,52)/t30-,31?,33-,38+,44-/m1/s1. The fourth-order valence-electron chi connectivity index (χ4n) is 8.64. The lowest BCUT2D eigenvalue weighted by Crippen LogP contribution is -2.47. The number of ketones is 1. The number of Topliss-reactive ketones (excluding diaryl/α,β-unsaturated/α-hetero) is 1. The third-order valence-corrected chi connectivity index (χ3v) is 13.9. The molecule has 57 heavy (non-hydrogen) atoms. The van der Waals surface area contributed by atoms with Crippen molar-refractivity contribution in [3.63, 3.8) is 0 Å². The number of carbonyl (C=O) groups excluding carboxylic acids is 4. The van der Waals surface area contributed by atoms with Gasteiger partial charge in [-0.1, -0.05) is 50.3 Å². The molecule has 13 heteroatoms. The molecule has 2 aliphatic heterocycles. The van der Waals surface area contributed by atoms with E-state index in [4.69, 9.17) is 14.5 Å². The first-order chi connectivity index (χ1) is 27.3. The molecule has 7 rings (SSSR count). The number of nitrogens with zero attached hydrogens (tertiary/aromatic N) is 3. The van der Waals surface area contributed by atoms with Gasteiger partial charge in [-0.25, -0.2) is 13.4 Å². The molecule has 304 valence electrons. The Hall–Kier alpha value is -4.78. The van der Waals surface area contributed by atoms with Gasteiger partial charge in [0.15, 0.2) is 5.78 Å². The summed E-state index contributed by atoms with van der Waals surface area (Å²) < 4.78 is 40.2. The van der Waals surface area contributed by atoms with E-state index in [9.17, 15) is 27.6 Å². The number of nitrogens with one attached hydrogen (secondary N) is 1. The van der Waals surface area contributed by atoms with Gasteiger partial charge >= 0.3 is 0 Å². The summed E-state index contributed by atoms with van der Waals surface area (Å²) in [6, 6.07) is 16.1. The van der Waals surface area contributed by atoms with Crippen LogP contribution in [0.3, 0.4) is 0 Å². The van der Waals surface area contributed by atoms with Crippen LogP contribution in [-0.2, 0) is 29.2 Å². The van der Waals surface area contributed by atoms with E-state index in [1.807, 2.05) is 73.3 Å². The molecule has 0 radical (unpaired) electrons. The number of amides is 3. The number of sulfonamides is 1. The Kier molecular flexibility index (Phi) is 11.8. The second-order valence-corrected chi connectivity index (χ2v) is 18.7. The predicted octanol–water partition coefficient (Wildman–Crippen LogP) is 6.08. The van der Waals surface area contributed by atoms with Gasteiger partial charge in [-0.2, -0.15) is 0 Å². The van der Waals surface area contributed by atoms with Crippen LogP contribution in [0.25, 0.3) is 22.2 Å². The average molecular weight is 799 g/mol. The van der Waals surface area contributed by atoms with E-state index in [2.05, 4.69) is 11.3 Å². The third-order valence-electron chi connectivity index (χ3n) is 12.1. The van der Waals surface area contributed by atoms with Crippen molar-refractivity contribution in [2.45, 2.75) is 95.5 Å². The molecule has 1 N–H and O–H groups in total. The predicted molar refractivity (Wildman–Crippen MR) is 217 cm³/mol. The summed E-state index contributed by atoms with van der Waals surface area (Å²) in [5, 5.41) is 0.126. The molecule has 3 heterocycles. The second kappa shape index (κ2) is 16.6. The average Bonchev–Trinajstić information content (AvgIpc) is 4.14. The molecule has 3 amide bonds. The maximum absolute atomic E-state index is 14.8. The maximum atomic E-state index is 14.8. The molecule has 3 aromatic rings. The van der Waals surface area contributed by atoms with Gasteiger partial charge in [0.1, 0.15) is 17.6 Å². The van der Waals surface area contributed by atoms with Crippen LogP contribution in [0.15, 0.2) is 67.3 Å². The molecule has 0 spiro atoms. The lowest BCUT2D eigenvalue weighted by Gasteiger charge is -2.32. The number of ether oxygens (including phenoxy) is 2. The lowest BCUT2D eigenvalue weighted by atomic mass is 9.89. The number of aromatic nitrogens is 1. The largest absolute Gasteiger partial charge is 0.497 e. The van der Waals surface area contributed by atoms with Gasteiger partial charge in [-0.15, -0.1) is 6.58 Å². The number of pyridine rings is 1. The van der Waals surface area contributed by atoms with Gasteiger partial charge in [-0.3, -0.25) is 23.9 Å². The number of hydrogen-bond donors (Lipinski definition) is 1. The van der Waals surface area contributed by atoms with Crippen molar-refractivity contribution in [3.05, 3.63) is 67.3 Å². The van der Waals surface area contributed by atoms with Crippen molar-refractivity contribution in [3.8, 4) is 22.8 Å². The summed E-state index contributed by atoms with van der Waals surface area (Å²) in [5.74, 6) is -1.18. The summed E-state index contributed by atoms with van der Waals surface area (Å²) >= 11 is 0. The Morgan fingerprint density at radius 2 is 1.77 bits per heavy atom. The molecule has 2 aliphatic carbocycles. The van der Waals surface area contributed by atoms with Crippen LogP contribution in [0.5, 0.6) is 11.5 Å². The number of hydrogen-bond acceptors (Lipinski definition) is 9. The van der Waals surface area contributed by atoms with Crippen LogP contribution in [-0.4, -0.2) is 90.8 Å². The van der Waals surface area contributed by atoms with Gasteiger partial charge in [-0.05, 0) is 68.9 Å². The highest BCUT2D eigenvalue weighted by Gasteiger charge is 2.61. The van der Waals surface area contributed by atoms with Gasteiger partial charge in [0.05, 0.1) is 41.6 Å². The molecular formula is C44H54N4O8S. The van der Waals surface area contributed by atoms with E-state index < -0.39 is 44.7 Å². The monoisotopic (exact) mass is 798 g/mol. The molecule has 2 saturated heterocycles. The minimum atomic E-state index is -3.85.